The predicted octanol–water partition coefficient (Wildman–Crippen LogP) is -1.01. The van der Waals surface area contributed by atoms with E-state index in [1.807, 2.05) is 57.3 Å². The SMILES string of the molecule is C=CN(/N=C\C(C)C)c1cc(C)ccn1.CC(C)C[C@@H]1NC(=O)CNC(=O)C(CCN)NC(=O)CCCNC(=O)C(C(C)O)NC(=O)C(CCN)NC(=O)C(CCN)NC1=O.Cc1ccccc1.NC=O. The van der Waals surface area contributed by atoms with E-state index in [1.165, 1.54) is 12.5 Å². The van der Waals surface area contributed by atoms with Crippen molar-refractivity contribution in [2.45, 2.75) is 123 Å². The van der Waals surface area contributed by atoms with Crippen molar-refractivity contribution in [3.8, 4) is 0 Å². The molecule has 2 aromatic rings. The van der Waals surface area contributed by atoms with Crippen LogP contribution in [-0.2, 0) is 38.4 Å². The van der Waals surface area contributed by atoms with Crippen LogP contribution in [0.5, 0.6) is 0 Å². The molecule has 1 aromatic carbocycles. The fourth-order valence-electron chi connectivity index (χ4n) is 6.17. The van der Waals surface area contributed by atoms with Gasteiger partial charge in [0.1, 0.15) is 30.2 Å². The lowest BCUT2D eigenvalue weighted by molar-refractivity contribution is -0.135. The Balaban J connectivity index is 0.00000157. The molecule has 0 spiro atoms. The number of pyridine rings is 1. The standard InChI is InChI=1S/C28H52N10O8.C12H17N3.C7H8.CH3NO/c1-15(2)13-20-27(45)37-18(7-10-30)25(43)36-19(8-11-31)26(44)38-23(16(3)39)28(46)32-12-4-5-21(40)34-17(6-9-29)24(42)33-14-22(41)35-20;1-5-15(14-9-10(2)3)12-8-11(4)6-7-13-12;1-7-5-3-2-4-6-7;2-1-3/h15-20,23,39H,4-14,29-31H2,1-3H3,(H,32,46)(H,33,42)(H,34,40)(H,35,41)(H,36,43)(H,37,45)(H,38,44);5-10H,1H2,2-4H3;2-6H,1H3;1H,(H2,2,3)/b;14-9-;;/t16?,17?,18?,19?,20-,23?;;;/m0.../s1. The number of aromatic nitrogens is 1. The van der Waals surface area contributed by atoms with Gasteiger partial charge in [-0.1, -0.05) is 70.2 Å². The van der Waals surface area contributed by atoms with Crippen LogP contribution in [0.2, 0.25) is 0 Å². The number of nitrogens with two attached hydrogens (primary N) is 4. The van der Waals surface area contributed by atoms with Crippen molar-refractivity contribution in [1.82, 2.24) is 42.2 Å². The number of carbonyl (C=O) groups is 8. The van der Waals surface area contributed by atoms with Crippen LogP contribution < -0.4 is 65.2 Å². The molecule has 0 radical (unpaired) electrons. The summed E-state index contributed by atoms with van der Waals surface area (Å²) in [7, 11) is 0. The Morgan fingerprint density at radius 2 is 1.25 bits per heavy atom. The average molecular weight is 997 g/mol. The van der Waals surface area contributed by atoms with Crippen molar-refractivity contribution >= 4 is 59.8 Å². The Hall–Kier alpha value is -6.82. The highest BCUT2D eigenvalue weighted by Gasteiger charge is 2.33. The molecule has 2 heterocycles. The van der Waals surface area contributed by atoms with E-state index in [2.05, 4.69) is 92.5 Å². The summed E-state index contributed by atoms with van der Waals surface area (Å²) in [6.07, 6.45) is 4.51. The van der Waals surface area contributed by atoms with Crippen molar-refractivity contribution in [2.75, 3.05) is 37.7 Å². The number of hydrazone groups is 1. The number of benzene rings is 1. The Bertz CT molecular complexity index is 1970. The second-order valence-corrected chi connectivity index (χ2v) is 17.1. The Morgan fingerprint density at radius 3 is 1.72 bits per heavy atom. The van der Waals surface area contributed by atoms with E-state index >= 15 is 0 Å². The zero-order valence-corrected chi connectivity index (χ0v) is 42.3. The van der Waals surface area contributed by atoms with Crippen LogP contribution in [0.25, 0.3) is 0 Å². The molecule has 8 amide bonds. The molecule has 0 aliphatic carbocycles. The number of aryl methyl sites for hydroxylation is 2. The summed E-state index contributed by atoms with van der Waals surface area (Å²) < 4.78 is 0. The van der Waals surface area contributed by atoms with E-state index in [9.17, 15) is 38.7 Å². The molecule has 0 saturated carbocycles. The quantitative estimate of drug-likeness (QED) is 0.0650. The second kappa shape index (κ2) is 37.1. The third-order valence-corrected chi connectivity index (χ3v) is 9.75. The molecule has 3 rings (SSSR count). The van der Waals surface area contributed by atoms with Gasteiger partial charge in [0.25, 0.3) is 0 Å². The van der Waals surface area contributed by atoms with Gasteiger partial charge in [0, 0.05) is 31.6 Å². The molecule has 1 saturated heterocycles. The lowest BCUT2D eigenvalue weighted by Gasteiger charge is -2.27. The number of rotatable bonds is 13. The zero-order valence-electron chi connectivity index (χ0n) is 42.3. The maximum absolute atomic E-state index is 13.3. The average Bonchev–Trinajstić information content (AvgIpc) is 3.31. The minimum absolute atomic E-state index is 0.000240. The summed E-state index contributed by atoms with van der Waals surface area (Å²) in [5, 5.41) is 33.8. The van der Waals surface area contributed by atoms with Crippen molar-refractivity contribution in [3.63, 3.8) is 0 Å². The number of nitrogens with one attached hydrogen (secondary N) is 7. The van der Waals surface area contributed by atoms with Gasteiger partial charge in [-0.05, 0) is 102 Å². The molecule has 396 valence electrons. The molecular formula is C48H80N14O9. The third kappa shape index (κ3) is 28.4. The second-order valence-electron chi connectivity index (χ2n) is 17.1. The van der Waals surface area contributed by atoms with Crippen molar-refractivity contribution < 1.29 is 43.5 Å². The van der Waals surface area contributed by atoms with Gasteiger partial charge in [-0.2, -0.15) is 5.10 Å². The first-order valence-electron chi connectivity index (χ1n) is 23.6. The first kappa shape index (κ1) is 64.2. The first-order chi connectivity index (χ1) is 33.7. The summed E-state index contributed by atoms with van der Waals surface area (Å²) in [6.45, 7) is 16.5. The number of aliphatic hydroxyl groups excluding tert-OH is 1. The van der Waals surface area contributed by atoms with Crippen LogP contribution in [0.3, 0.4) is 0 Å². The van der Waals surface area contributed by atoms with Crippen LogP contribution in [0.15, 0.2) is 66.5 Å². The summed E-state index contributed by atoms with van der Waals surface area (Å²) in [6, 6.07) is 8.22. The van der Waals surface area contributed by atoms with E-state index in [0.29, 0.717) is 5.92 Å². The van der Waals surface area contributed by atoms with Gasteiger partial charge < -0.3 is 65.3 Å². The molecule has 23 heteroatoms. The molecular weight excluding hydrogens is 917 g/mol. The largest absolute Gasteiger partial charge is 0.391 e. The minimum atomic E-state index is -1.40. The number of nitrogens with zero attached hydrogens (tertiary/aromatic N) is 3. The molecule has 1 aliphatic rings. The van der Waals surface area contributed by atoms with Crippen molar-refractivity contribution in [1.29, 1.82) is 0 Å². The molecule has 1 aliphatic heterocycles. The Kier molecular flexibility index (Phi) is 33.5. The van der Waals surface area contributed by atoms with Crippen LogP contribution in [0, 0.1) is 25.7 Å². The maximum atomic E-state index is 13.3. The van der Waals surface area contributed by atoms with Gasteiger partial charge >= 0.3 is 0 Å². The molecule has 1 aromatic heterocycles. The van der Waals surface area contributed by atoms with Gasteiger partial charge in [0.2, 0.25) is 47.8 Å². The van der Waals surface area contributed by atoms with Gasteiger partial charge in [-0.25, -0.2) is 9.99 Å². The summed E-state index contributed by atoms with van der Waals surface area (Å²) in [5.74, 6) is -3.69. The van der Waals surface area contributed by atoms with E-state index in [0.717, 1.165) is 11.4 Å². The van der Waals surface area contributed by atoms with Crippen LogP contribution in [-0.4, -0.2) is 133 Å². The molecule has 71 heavy (non-hydrogen) atoms. The summed E-state index contributed by atoms with van der Waals surface area (Å²) >= 11 is 0. The maximum Gasteiger partial charge on any atom is 0.245 e. The number of primary amides is 1. The van der Waals surface area contributed by atoms with E-state index in [4.69, 9.17) is 22.0 Å². The Morgan fingerprint density at radius 1 is 0.732 bits per heavy atom. The van der Waals surface area contributed by atoms with Crippen LogP contribution in [0.4, 0.5) is 5.82 Å². The first-order valence-corrected chi connectivity index (χ1v) is 23.6. The molecule has 6 atom stereocenters. The number of anilines is 1. The number of amides is 8. The molecule has 23 nitrogen and oxygen atoms in total. The minimum Gasteiger partial charge on any atom is -0.391 e. The lowest BCUT2D eigenvalue weighted by atomic mass is 10.0. The number of aliphatic hydroxyl groups is 1. The van der Waals surface area contributed by atoms with E-state index in [1.54, 1.807) is 17.4 Å². The van der Waals surface area contributed by atoms with Gasteiger partial charge in [0.05, 0.1) is 12.6 Å². The van der Waals surface area contributed by atoms with Crippen LogP contribution >= 0.6 is 0 Å². The fraction of sp³-hybridized carbons (Fsp3) is 0.542. The van der Waals surface area contributed by atoms with E-state index in [-0.39, 0.29) is 77.0 Å². The third-order valence-electron chi connectivity index (χ3n) is 9.75. The van der Waals surface area contributed by atoms with Crippen LogP contribution in [0.1, 0.15) is 84.3 Å². The monoisotopic (exact) mass is 997 g/mol. The highest BCUT2D eigenvalue weighted by Crippen LogP contribution is 2.13. The predicted molar refractivity (Wildman–Crippen MR) is 273 cm³/mol. The topological polar surface area (TPSA) is 374 Å². The number of carbonyl (C=O) groups excluding carboxylic acids is 8. The van der Waals surface area contributed by atoms with Gasteiger partial charge in [0.15, 0.2) is 5.82 Å². The molecule has 5 unspecified atom stereocenters. The fourth-order valence-corrected chi connectivity index (χ4v) is 6.17. The normalized spacial score (nSPS) is 20.2. The van der Waals surface area contributed by atoms with Gasteiger partial charge in [-0.3, -0.25) is 38.4 Å². The molecule has 16 N–H and O–H groups in total. The van der Waals surface area contributed by atoms with E-state index < -0.39 is 84.2 Å². The van der Waals surface area contributed by atoms with Gasteiger partial charge in [-0.15, -0.1) is 0 Å². The smallest absolute Gasteiger partial charge is 0.245 e. The number of hydrogen-bond donors (Lipinski definition) is 12. The molecule has 0 bridgehead atoms. The lowest BCUT2D eigenvalue weighted by Crippen LogP contribution is -2.60. The zero-order chi connectivity index (χ0) is 53.9. The van der Waals surface area contributed by atoms with Crippen molar-refractivity contribution in [3.05, 3.63) is 72.6 Å². The molecule has 1 fully saturated rings. The number of hydrogen-bond acceptors (Lipinski definition) is 15. The Labute approximate surface area is 417 Å². The summed E-state index contributed by atoms with van der Waals surface area (Å²) in [5.41, 5.74) is 23.6. The highest BCUT2D eigenvalue weighted by molar-refractivity contribution is 5.96. The highest BCUT2D eigenvalue weighted by atomic mass is 16.3. The van der Waals surface area contributed by atoms with Crippen molar-refractivity contribution in [2.24, 2.45) is 39.9 Å². The summed E-state index contributed by atoms with van der Waals surface area (Å²) in [4.78, 5) is 103.